The molecule has 3 aromatic heterocycles. The first-order valence-corrected chi connectivity index (χ1v) is 18.9. The van der Waals surface area contributed by atoms with Crippen LogP contribution >= 0.6 is 11.3 Å². The van der Waals surface area contributed by atoms with Crippen LogP contribution in [0.3, 0.4) is 0 Å². The number of hydrogen-bond acceptors (Lipinski definition) is 5. The summed E-state index contributed by atoms with van der Waals surface area (Å²) in [4.78, 5) is 18.4. The Balaban J connectivity index is 1.18. The molecule has 11 aromatic rings. The quantitative estimate of drug-likeness (QED) is 0.167. The summed E-state index contributed by atoms with van der Waals surface area (Å²) in [6.45, 7) is 0. The van der Waals surface area contributed by atoms with Crippen LogP contribution in [-0.2, 0) is 0 Å². The molecule has 0 unspecified atom stereocenters. The molecule has 4 nitrogen and oxygen atoms in total. The predicted molar refractivity (Wildman–Crippen MR) is 228 cm³/mol. The lowest BCUT2D eigenvalue weighted by Crippen LogP contribution is -2.09. The molecule has 252 valence electrons. The van der Waals surface area contributed by atoms with E-state index in [1.54, 1.807) is 0 Å². The van der Waals surface area contributed by atoms with Crippen molar-refractivity contribution in [2.24, 2.45) is 0 Å². The van der Waals surface area contributed by atoms with E-state index in [9.17, 15) is 0 Å². The van der Waals surface area contributed by atoms with Gasteiger partial charge in [0, 0.05) is 64.3 Å². The minimum Gasteiger partial charge on any atom is -0.311 e. The molecule has 0 amide bonds. The summed E-state index contributed by atoms with van der Waals surface area (Å²) in [6, 6.07) is 64.0. The summed E-state index contributed by atoms with van der Waals surface area (Å²) in [5.41, 5.74) is 7.77. The molecule has 0 aliphatic heterocycles. The van der Waals surface area contributed by atoms with E-state index in [-0.39, 0.29) is 0 Å². The molecule has 0 aliphatic rings. The number of thiophene rings is 1. The van der Waals surface area contributed by atoms with Crippen molar-refractivity contribution in [3.8, 4) is 22.8 Å². The fraction of sp³-hybridized carbons (Fsp3) is 0. The first-order chi connectivity index (χ1) is 26.8. The predicted octanol–water partition coefficient (Wildman–Crippen LogP) is 13.7. The number of anilines is 3. The summed E-state index contributed by atoms with van der Waals surface area (Å²) in [5.74, 6) is 0.618. The highest BCUT2D eigenvalue weighted by Gasteiger charge is 2.23. The maximum Gasteiger partial charge on any atom is 0.180 e. The van der Waals surface area contributed by atoms with Gasteiger partial charge in [-0.05, 0) is 65.4 Å². The third-order valence-electron chi connectivity index (χ3n) is 10.4. The number of pyridine rings is 1. The van der Waals surface area contributed by atoms with Crippen molar-refractivity contribution in [1.82, 2.24) is 15.0 Å². The Morgan fingerprint density at radius 3 is 1.56 bits per heavy atom. The van der Waals surface area contributed by atoms with Gasteiger partial charge in [-0.3, -0.25) is 0 Å². The summed E-state index contributed by atoms with van der Waals surface area (Å²) in [5, 5.41) is 9.40. The summed E-state index contributed by atoms with van der Waals surface area (Å²) in [6.07, 6.45) is 0. The molecule has 5 heteroatoms. The van der Waals surface area contributed by atoms with Gasteiger partial charge in [-0.15, -0.1) is 11.3 Å². The highest BCUT2D eigenvalue weighted by atomic mass is 32.1. The zero-order valence-electron chi connectivity index (χ0n) is 29.0. The average molecular weight is 707 g/mol. The molecule has 3 heterocycles. The molecule has 54 heavy (non-hydrogen) atoms. The van der Waals surface area contributed by atoms with Gasteiger partial charge in [0.25, 0.3) is 0 Å². The van der Waals surface area contributed by atoms with Gasteiger partial charge in [0.15, 0.2) is 5.82 Å². The minimum absolute atomic E-state index is 0.618. The molecule has 0 radical (unpaired) electrons. The Hall–Kier alpha value is -6.95. The summed E-state index contributed by atoms with van der Waals surface area (Å²) < 4.78 is 2.47. The number of hydrogen-bond donors (Lipinski definition) is 0. The lowest BCUT2D eigenvalue weighted by Gasteiger charge is -2.25. The summed E-state index contributed by atoms with van der Waals surface area (Å²) in [7, 11) is 0. The van der Waals surface area contributed by atoms with E-state index in [0.29, 0.717) is 5.82 Å². The molecule has 0 aliphatic carbocycles. The van der Waals surface area contributed by atoms with Crippen LogP contribution in [0.4, 0.5) is 17.1 Å². The molecule has 8 aromatic carbocycles. The molecule has 0 fully saturated rings. The van der Waals surface area contributed by atoms with Crippen molar-refractivity contribution in [2.45, 2.75) is 0 Å². The Morgan fingerprint density at radius 1 is 0.352 bits per heavy atom. The van der Waals surface area contributed by atoms with Crippen molar-refractivity contribution in [2.75, 3.05) is 4.90 Å². The van der Waals surface area contributed by atoms with Crippen LogP contribution in [0.25, 0.3) is 86.3 Å². The monoisotopic (exact) mass is 706 g/mol. The molecule has 0 atom stereocenters. The second-order valence-corrected chi connectivity index (χ2v) is 14.6. The highest BCUT2D eigenvalue weighted by molar-refractivity contribution is 7.27. The maximum atomic E-state index is 5.45. The van der Waals surface area contributed by atoms with Gasteiger partial charge in [-0.1, -0.05) is 127 Å². The second-order valence-electron chi connectivity index (χ2n) is 13.5. The van der Waals surface area contributed by atoms with Gasteiger partial charge >= 0.3 is 0 Å². The molecule has 0 saturated heterocycles. The topological polar surface area (TPSA) is 41.9 Å². The van der Waals surface area contributed by atoms with Crippen molar-refractivity contribution < 1.29 is 0 Å². The Kier molecular flexibility index (Phi) is 7.00. The normalized spacial score (nSPS) is 11.7. The number of benzene rings is 8. The van der Waals surface area contributed by atoms with Crippen molar-refractivity contribution >= 4 is 91.9 Å². The minimum atomic E-state index is 0.618. The van der Waals surface area contributed by atoms with Crippen molar-refractivity contribution in [3.05, 3.63) is 182 Å². The lowest BCUT2D eigenvalue weighted by atomic mass is 9.93. The molecular weight excluding hydrogens is 677 g/mol. The van der Waals surface area contributed by atoms with Crippen LogP contribution < -0.4 is 4.90 Å². The molecule has 0 saturated carbocycles. The molecule has 11 rings (SSSR count). The second kappa shape index (κ2) is 12.3. The smallest absolute Gasteiger partial charge is 0.180 e. The SMILES string of the molecule is c1ccc(N(c2ccccc2)c2ccc(-c3nc(-c4nc5ccccc5c5c6ccccc6c6c7ccccc7sc6c45)nc4ccccc34)cc2)cc1. The fourth-order valence-electron chi connectivity index (χ4n) is 8.05. The fourth-order valence-corrected chi connectivity index (χ4v) is 9.32. The average Bonchev–Trinajstić information content (AvgIpc) is 3.64. The van der Waals surface area contributed by atoms with Crippen LogP contribution in [0, 0.1) is 0 Å². The molecular formula is C49H30N4S. The van der Waals surface area contributed by atoms with E-state index < -0.39 is 0 Å². The van der Waals surface area contributed by atoms with E-state index >= 15 is 0 Å². The van der Waals surface area contributed by atoms with Crippen LogP contribution in [0.2, 0.25) is 0 Å². The first kappa shape index (κ1) is 30.7. The number of fused-ring (bicyclic) bond motifs is 11. The summed E-state index contributed by atoms with van der Waals surface area (Å²) >= 11 is 1.83. The Labute approximate surface area is 315 Å². The van der Waals surface area contributed by atoms with Crippen molar-refractivity contribution in [3.63, 3.8) is 0 Å². The number of nitrogens with zero attached hydrogens (tertiary/aromatic N) is 4. The third kappa shape index (κ3) is 4.79. The van der Waals surface area contributed by atoms with Crippen LogP contribution in [0.15, 0.2) is 182 Å². The first-order valence-electron chi connectivity index (χ1n) is 18.1. The van der Waals surface area contributed by atoms with Gasteiger partial charge in [0.05, 0.1) is 16.7 Å². The lowest BCUT2D eigenvalue weighted by molar-refractivity contribution is 1.20. The highest BCUT2D eigenvalue weighted by Crippen LogP contribution is 2.48. The van der Waals surface area contributed by atoms with Gasteiger partial charge in [-0.25, -0.2) is 15.0 Å². The van der Waals surface area contributed by atoms with Gasteiger partial charge in [0.2, 0.25) is 0 Å². The van der Waals surface area contributed by atoms with Crippen molar-refractivity contribution in [1.29, 1.82) is 0 Å². The number of aromatic nitrogens is 3. The van der Waals surface area contributed by atoms with Crippen LogP contribution in [0.1, 0.15) is 0 Å². The van der Waals surface area contributed by atoms with Gasteiger partial charge < -0.3 is 4.90 Å². The van der Waals surface area contributed by atoms with E-state index in [1.165, 1.54) is 36.3 Å². The molecule has 0 bridgehead atoms. The third-order valence-corrected chi connectivity index (χ3v) is 11.6. The van der Waals surface area contributed by atoms with E-state index in [2.05, 4.69) is 181 Å². The Morgan fingerprint density at radius 2 is 0.870 bits per heavy atom. The van der Waals surface area contributed by atoms with E-state index in [1.807, 2.05) is 17.4 Å². The number of para-hydroxylation sites is 4. The van der Waals surface area contributed by atoms with Crippen LogP contribution in [-0.4, -0.2) is 15.0 Å². The maximum absolute atomic E-state index is 5.45. The molecule has 0 spiro atoms. The zero-order valence-corrected chi connectivity index (χ0v) is 29.8. The largest absolute Gasteiger partial charge is 0.311 e. The zero-order chi connectivity index (χ0) is 35.6. The van der Waals surface area contributed by atoms with Gasteiger partial charge in [0.1, 0.15) is 5.69 Å². The van der Waals surface area contributed by atoms with Gasteiger partial charge in [-0.2, -0.15) is 0 Å². The van der Waals surface area contributed by atoms with Crippen LogP contribution in [0.5, 0.6) is 0 Å². The van der Waals surface area contributed by atoms with E-state index in [4.69, 9.17) is 15.0 Å². The standard InChI is InChI=1S/C49H30N4S/c1-3-15-32(16-4-1)53(33-17-5-2-6-18-33)34-29-27-31(28-30-34)46-38-22-10-13-25-41(38)51-49(52-46)47-45-43(37-21-9-12-24-40(37)50-47)35-19-7-8-20-36(35)44-39-23-11-14-26-42(39)54-48(44)45/h1-30H. The molecule has 0 N–H and O–H groups in total. The van der Waals surface area contributed by atoms with E-state index in [0.717, 1.165) is 61.2 Å². The number of rotatable bonds is 5. The Bertz CT molecular complexity index is 3170.